The fourth-order valence-electron chi connectivity index (χ4n) is 1.52. The molecule has 0 saturated carbocycles. The zero-order chi connectivity index (χ0) is 9.68. The third-order valence-electron chi connectivity index (χ3n) is 2.37. The average molecular weight is 197 g/mol. The second-order valence-corrected chi connectivity index (χ2v) is 4.36. The van der Waals surface area contributed by atoms with E-state index in [9.17, 15) is 0 Å². The van der Waals surface area contributed by atoms with Crippen LogP contribution in [0.5, 0.6) is 0 Å². The van der Waals surface area contributed by atoms with E-state index in [1.54, 1.807) is 0 Å². The number of aryl methyl sites for hydroxylation is 1. The summed E-state index contributed by atoms with van der Waals surface area (Å²) in [6.07, 6.45) is 4.71. The van der Waals surface area contributed by atoms with E-state index in [4.69, 9.17) is 5.73 Å². The van der Waals surface area contributed by atoms with Crippen LogP contribution < -0.4 is 5.73 Å². The predicted molar refractivity (Wildman–Crippen MR) is 60.2 cm³/mol. The summed E-state index contributed by atoms with van der Waals surface area (Å²) in [6.45, 7) is 4.40. The maximum Gasteiger partial charge on any atom is 0.0392 e. The molecule has 1 atom stereocenters. The van der Waals surface area contributed by atoms with E-state index in [-0.39, 0.29) is 6.04 Å². The minimum absolute atomic E-state index is 0.273. The summed E-state index contributed by atoms with van der Waals surface area (Å²) in [5.41, 5.74) is 7.55. The highest BCUT2D eigenvalue weighted by atomic mass is 32.1. The zero-order valence-electron chi connectivity index (χ0n) is 8.55. The van der Waals surface area contributed by atoms with Crippen LogP contribution in [0, 0.1) is 0 Å². The van der Waals surface area contributed by atoms with Crippen molar-refractivity contribution in [1.29, 1.82) is 0 Å². The lowest BCUT2D eigenvalue weighted by atomic mass is 10.1. The third kappa shape index (κ3) is 2.82. The fourth-order valence-corrected chi connectivity index (χ4v) is 2.56. The summed E-state index contributed by atoms with van der Waals surface area (Å²) in [4.78, 5) is 1.40. The van der Waals surface area contributed by atoms with Gasteiger partial charge in [0.15, 0.2) is 0 Å². The second-order valence-electron chi connectivity index (χ2n) is 3.41. The van der Waals surface area contributed by atoms with E-state index in [1.165, 1.54) is 23.3 Å². The van der Waals surface area contributed by atoms with Gasteiger partial charge in [-0.15, -0.1) is 11.3 Å². The van der Waals surface area contributed by atoms with Crippen LogP contribution >= 0.6 is 11.3 Å². The molecule has 2 N–H and O–H groups in total. The normalized spacial score (nSPS) is 13.2. The van der Waals surface area contributed by atoms with Gasteiger partial charge in [-0.25, -0.2) is 0 Å². The molecule has 0 radical (unpaired) electrons. The SMILES string of the molecule is CCCCC(N)c1sccc1CC. The molecule has 0 bridgehead atoms. The van der Waals surface area contributed by atoms with Crippen LogP contribution in [0.2, 0.25) is 0 Å². The third-order valence-corrected chi connectivity index (χ3v) is 3.46. The molecule has 0 spiro atoms. The Morgan fingerprint density at radius 1 is 1.46 bits per heavy atom. The molecule has 1 aromatic rings. The van der Waals surface area contributed by atoms with Crippen LogP contribution in [0.3, 0.4) is 0 Å². The summed E-state index contributed by atoms with van der Waals surface area (Å²) >= 11 is 1.81. The molecule has 1 rings (SSSR count). The molecule has 0 aliphatic carbocycles. The van der Waals surface area contributed by atoms with Gasteiger partial charge in [-0.05, 0) is 29.9 Å². The first-order valence-electron chi connectivity index (χ1n) is 5.11. The summed E-state index contributed by atoms with van der Waals surface area (Å²) in [6, 6.07) is 2.47. The number of unbranched alkanes of at least 4 members (excludes halogenated alkanes) is 1. The van der Waals surface area contributed by atoms with E-state index in [0.29, 0.717) is 0 Å². The molecule has 13 heavy (non-hydrogen) atoms. The van der Waals surface area contributed by atoms with Crippen LogP contribution in [0.4, 0.5) is 0 Å². The molecule has 0 aliphatic rings. The first kappa shape index (κ1) is 10.7. The molecule has 1 heterocycles. The van der Waals surface area contributed by atoms with Crippen molar-refractivity contribution in [1.82, 2.24) is 0 Å². The Hall–Kier alpha value is -0.340. The molecule has 0 amide bonds. The molecule has 1 nitrogen and oxygen atoms in total. The van der Waals surface area contributed by atoms with E-state index in [0.717, 1.165) is 12.8 Å². The van der Waals surface area contributed by atoms with Gasteiger partial charge < -0.3 is 5.73 Å². The number of nitrogens with two attached hydrogens (primary N) is 1. The van der Waals surface area contributed by atoms with Gasteiger partial charge in [-0.3, -0.25) is 0 Å². The van der Waals surface area contributed by atoms with Gasteiger partial charge >= 0.3 is 0 Å². The Bertz CT molecular complexity index is 242. The van der Waals surface area contributed by atoms with Crippen molar-refractivity contribution < 1.29 is 0 Å². The number of hydrogen-bond donors (Lipinski definition) is 1. The molecule has 1 unspecified atom stereocenters. The lowest BCUT2D eigenvalue weighted by Gasteiger charge is -2.10. The van der Waals surface area contributed by atoms with Gasteiger partial charge in [0.1, 0.15) is 0 Å². The van der Waals surface area contributed by atoms with Gasteiger partial charge in [-0.1, -0.05) is 26.7 Å². The van der Waals surface area contributed by atoms with Gasteiger partial charge in [0, 0.05) is 10.9 Å². The van der Waals surface area contributed by atoms with Crippen molar-refractivity contribution in [2.75, 3.05) is 0 Å². The minimum Gasteiger partial charge on any atom is -0.323 e. The summed E-state index contributed by atoms with van der Waals surface area (Å²) < 4.78 is 0. The van der Waals surface area contributed by atoms with E-state index < -0.39 is 0 Å². The average Bonchev–Trinajstić information content (AvgIpc) is 2.61. The topological polar surface area (TPSA) is 26.0 Å². The highest BCUT2D eigenvalue weighted by Gasteiger charge is 2.10. The van der Waals surface area contributed by atoms with Crippen LogP contribution in [0.25, 0.3) is 0 Å². The van der Waals surface area contributed by atoms with E-state index in [2.05, 4.69) is 25.3 Å². The lowest BCUT2D eigenvalue weighted by Crippen LogP contribution is -2.09. The molecule has 0 aromatic carbocycles. The first-order chi connectivity index (χ1) is 6.29. The Balaban J connectivity index is 2.59. The van der Waals surface area contributed by atoms with Crippen LogP contribution in [0.1, 0.15) is 49.6 Å². The highest BCUT2D eigenvalue weighted by molar-refractivity contribution is 7.10. The smallest absolute Gasteiger partial charge is 0.0392 e. The monoisotopic (exact) mass is 197 g/mol. The van der Waals surface area contributed by atoms with Gasteiger partial charge in [-0.2, -0.15) is 0 Å². The molecule has 0 fully saturated rings. The van der Waals surface area contributed by atoms with Crippen molar-refractivity contribution in [3.05, 3.63) is 21.9 Å². The zero-order valence-corrected chi connectivity index (χ0v) is 9.36. The van der Waals surface area contributed by atoms with E-state index in [1.807, 2.05) is 11.3 Å². The molecule has 1 aromatic heterocycles. The Morgan fingerprint density at radius 3 is 2.85 bits per heavy atom. The predicted octanol–water partition coefficient (Wildman–Crippen LogP) is 3.50. The maximum atomic E-state index is 6.11. The van der Waals surface area contributed by atoms with E-state index >= 15 is 0 Å². The Morgan fingerprint density at radius 2 is 2.23 bits per heavy atom. The van der Waals surface area contributed by atoms with Gasteiger partial charge in [0.2, 0.25) is 0 Å². The Labute approximate surface area is 85.0 Å². The first-order valence-corrected chi connectivity index (χ1v) is 5.99. The highest BCUT2D eigenvalue weighted by Crippen LogP contribution is 2.26. The van der Waals surface area contributed by atoms with Crippen LogP contribution in [-0.4, -0.2) is 0 Å². The van der Waals surface area contributed by atoms with Crippen molar-refractivity contribution in [2.45, 2.75) is 45.6 Å². The van der Waals surface area contributed by atoms with Gasteiger partial charge in [0.05, 0.1) is 0 Å². The summed E-state index contributed by atoms with van der Waals surface area (Å²) in [5, 5.41) is 2.15. The number of rotatable bonds is 5. The molecule has 0 aliphatic heterocycles. The molecular formula is C11H19NS. The quantitative estimate of drug-likeness (QED) is 0.768. The second kappa shape index (κ2) is 5.40. The molecule has 74 valence electrons. The fraction of sp³-hybridized carbons (Fsp3) is 0.636. The lowest BCUT2D eigenvalue weighted by molar-refractivity contribution is 0.608. The Kier molecular flexibility index (Phi) is 4.46. The van der Waals surface area contributed by atoms with Crippen molar-refractivity contribution in [3.63, 3.8) is 0 Å². The van der Waals surface area contributed by atoms with Crippen LogP contribution in [0.15, 0.2) is 11.4 Å². The summed E-state index contributed by atoms with van der Waals surface area (Å²) in [5.74, 6) is 0. The summed E-state index contributed by atoms with van der Waals surface area (Å²) in [7, 11) is 0. The number of thiophene rings is 1. The molecular weight excluding hydrogens is 178 g/mol. The number of hydrogen-bond acceptors (Lipinski definition) is 2. The van der Waals surface area contributed by atoms with Crippen LogP contribution in [-0.2, 0) is 6.42 Å². The van der Waals surface area contributed by atoms with Crippen molar-refractivity contribution in [2.24, 2.45) is 5.73 Å². The maximum absolute atomic E-state index is 6.11. The van der Waals surface area contributed by atoms with Crippen molar-refractivity contribution >= 4 is 11.3 Å². The molecule has 0 saturated heterocycles. The van der Waals surface area contributed by atoms with Gasteiger partial charge in [0.25, 0.3) is 0 Å². The molecule has 2 heteroatoms. The standard InChI is InChI=1S/C11H19NS/c1-3-5-6-10(12)11-9(4-2)7-8-13-11/h7-8,10H,3-6,12H2,1-2H3. The largest absolute Gasteiger partial charge is 0.323 e. The van der Waals surface area contributed by atoms with Crippen molar-refractivity contribution in [3.8, 4) is 0 Å². The minimum atomic E-state index is 0.273.